The molecule has 106 valence electrons. The molecule has 0 unspecified atom stereocenters. The zero-order chi connectivity index (χ0) is 14.3. The number of carbonyl (C=O) groups excluding carboxylic acids is 1. The Bertz CT molecular complexity index is 629. The van der Waals surface area contributed by atoms with E-state index in [0.717, 1.165) is 36.1 Å². The molecule has 0 aliphatic heterocycles. The van der Waals surface area contributed by atoms with Gasteiger partial charge in [0.15, 0.2) is 0 Å². The van der Waals surface area contributed by atoms with Crippen LogP contribution in [0.4, 0.5) is 0 Å². The number of carbonyl (C=O) groups is 1. The summed E-state index contributed by atoms with van der Waals surface area (Å²) in [5.74, 6) is 0.626. The highest BCUT2D eigenvalue weighted by atomic mass is 16.5. The van der Waals surface area contributed by atoms with Crippen molar-refractivity contribution >= 4 is 17.0 Å². The molecule has 0 radical (unpaired) electrons. The first kappa shape index (κ1) is 13.2. The van der Waals surface area contributed by atoms with E-state index in [0.29, 0.717) is 6.61 Å². The van der Waals surface area contributed by atoms with Gasteiger partial charge in [0.1, 0.15) is 11.2 Å². The third kappa shape index (κ3) is 1.82. The van der Waals surface area contributed by atoms with Crippen LogP contribution in [0.2, 0.25) is 0 Å². The summed E-state index contributed by atoms with van der Waals surface area (Å²) in [4.78, 5) is 20.3. The number of aromatic amines is 1. The molecule has 0 spiro atoms. The van der Waals surface area contributed by atoms with Crippen molar-refractivity contribution in [2.24, 2.45) is 0 Å². The van der Waals surface area contributed by atoms with E-state index in [1.165, 1.54) is 11.1 Å². The van der Waals surface area contributed by atoms with Gasteiger partial charge in [-0.1, -0.05) is 6.42 Å². The minimum Gasteiger partial charge on any atom is -0.465 e. The maximum Gasteiger partial charge on any atom is 0.319 e. The molecule has 1 N–H and O–H groups in total. The number of ether oxygens (including phenoxy) is 1. The summed E-state index contributed by atoms with van der Waals surface area (Å²) in [6.45, 7) is 6.42. The summed E-state index contributed by atoms with van der Waals surface area (Å²) in [5.41, 5.74) is 3.83. The molecule has 1 saturated carbocycles. The van der Waals surface area contributed by atoms with Crippen LogP contribution in [0.25, 0.3) is 11.0 Å². The predicted octanol–water partition coefficient (Wildman–Crippen LogP) is 3.16. The fourth-order valence-electron chi connectivity index (χ4n) is 2.83. The van der Waals surface area contributed by atoms with Crippen LogP contribution in [-0.4, -0.2) is 22.5 Å². The summed E-state index contributed by atoms with van der Waals surface area (Å²) in [6, 6.07) is 4.17. The number of H-pyrrole nitrogens is 1. The lowest BCUT2D eigenvalue weighted by atomic mass is 9.68. The van der Waals surface area contributed by atoms with E-state index in [4.69, 9.17) is 4.74 Å². The van der Waals surface area contributed by atoms with E-state index in [1.54, 1.807) is 0 Å². The Labute approximate surface area is 118 Å². The monoisotopic (exact) mass is 272 g/mol. The zero-order valence-electron chi connectivity index (χ0n) is 12.2. The van der Waals surface area contributed by atoms with Crippen molar-refractivity contribution in [3.05, 3.63) is 29.1 Å². The molecule has 1 aromatic heterocycles. The summed E-state index contributed by atoms with van der Waals surface area (Å²) >= 11 is 0. The quantitative estimate of drug-likeness (QED) is 0.873. The minimum absolute atomic E-state index is 0.140. The first-order valence-electron chi connectivity index (χ1n) is 7.21. The van der Waals surface area contributed by atoms with Gasteiger partial charge in [-0.2, -0.15) is 0 Å². The Hall–Kier alpha value is -1.84. The fraction of sp³-hybridized carbons (Fsp3) is 0.500. The maximum absolute atomic E-state index is 12.3. The van der Waals surface area contributed by atoms with Gasteiger partial charge in [0.25, 0.3) is 0 Å². The Kier molecular flexibility index (Phi) is 3.04. The second-order valence-electron chi connectivity index (χ2n) is 5.70. The number of hydrogen-bond donors (Lipinski definition) is 1. The maximum atomic E-state index is 12.3. The number of aryl methyl sites for hydroxylation is 2. The third-order valence-electron chi connectivity index (χ3n) is 4.42. The predicted molar refractivity (Wildman–Crippen MR) is 77.7 cm³/mol. The third-order valence-corrected chi connectivity index (χ3v) is 4.42. The summed E-state index contributed by atoms with van der Waals surface area (Å²) in [6.07, 6.45) is 2.70. The molecule has 0 saturated heterocycles. The van der Waals surface area contributed by atoms with Crippen LogP contribution < -0.4 is 0 Å². The average molecular weight is 272 g/mol. The molecule has 2 aromatic rings. The van der Waals surface area contributed by atoms with E-state index in [-0.39, 0.29) is 5.97 Å². The molecular formula is C16H20N2O2. The highest BCUT2D eigenvalue weighted by Crippen LogP contribution is 2.44. The molecule has 1 aliphatic carbocycles. The van der Waals surface area contributed by atoms with Crippen molar-refractivity contribution in [3.63, 3.8) is 0 Å². The van der Waals surface area contributed by atoms with Crippen LogP contribution in [0.1, 0.15) is 43.1 Å². The SMILES string of the molecule is CCOC(=O)C1(c2nc3cc(C)c(C)cc3[nH]2)CCC1. The second kappa shape index (κ2) is 4.62. The van der Waals surface area contributed by atoms with E-state index >= 15 is 0 Å². The second-order valence-corrected chi connectivity index (χ2v) is 5.70. The van der Waals surface area contributed by atoms with Crippen molar-refractivity contribution in [1.82, 2.24) is 9.97 Å². The molecule has 3 rings (SSSR count). The van der Waals surface area contributed by atoms with E-state index in [2.05, 4.69) is 35.9 Å². The highest BCUT2D eigenvalue weighted by Gasteiger charge is 2.49. The Morgan fingerprint density at radius 2 is 2.05 bits per heavy atom. The minimum atomic E-state index is -0.545. The lowest BCUT2D eigenvalue weighted by molar-refractivity contribution is -0.154. The first-order valence-corrected chi connectivity index (χ1v) is 7.21. The summed E-state index contributed by atoms with van der Waals surface area (Å²) < 4.78 is 5.25. The van der Waals surface area contributed by atoms with Crippen molar-refractivity contribution < 1.29 is 9.53 Å². The Balaban J connectivity index is 2.06. The van der Waals surface area contributed by atoms with Gasteiger partial charge in [0.05, 0.1) is 17.6 Å². The smallest absolute Gasteiger partial charge is 0.319 e. The summed E-state index contributed by atoms with van der Waals surface area (Å²) in [5, 5.41) is 0. The molecule has 1 aromatic carbocycles. The average Bonchev–Trinajstić information content (AvgIpc) is 2.71. The highest BCUT2D eigenvalue weighted by molar-refractivity contribution is 5.85. The van der Waals surface area contributed by atoms with E-state index in [1.807, 2.05) is 6.92 Å². The molecule has 0 bridgehead atoms. The number of fused-ring (bicyclic) bond motifs is 1. The molecule has 1 fully saturated rings. The van der Waals surface area contributed by atoms with E-state index in [9.17, 15) is 4.79 Å². The topological polar surface area (TPSA) is 55.0 Å². The lowest BCUT2D eigenvalue weighted by Crippen LogP contribution is -2.44. The Morgan fingerprint density at radius 1 is 1.35 bits per heavy atom. The number of nitrogens with one attached hydrogen (secondary N) is 1. The normalized spacial score (nSPS) is 16.9. The standard InChI is InChI=1S/C16H20N2O2/c1-4-20-15(19)16(6-5-7-16)14-17-12-8-10(2)11(3)9-13(12)18-14/h8-9H,4-7H2,1-3H3,(H,17,18). The van der Waals surface area contributed by atoms with Crippen LogP contribution in [0.5, 0.6) is 0 Å². The van der Waals surface area contributed by atoms with Crippen LogP contribution >= 0.6 is 0 Å². The van der Waals surface area contributed by atoms with Crippen LogP contribution in [0.15, 0.2) is 12.1 Å². The van der Waals surface area contributed by atoms with E-state index < -0.39 is 5.41 Å². The van der Waals surface area contributed by atoms with Crippen molar-refractivity contribution in [2.75, 3.05) is 6.61 Å². The van der Waals surface area contributed by atoms with Crippen molar-refractivity contribution in [2.45, 2.75) is 45.4 Å². The van der Waals surface area contributed by atoms with Gasteiger partial charge in [-0.3, -0.25) is 4.79 Å². The number of aromatic nitrogens is 2. The van der Waals surface area contributed by atoms with Gasteiger partial charge in [0, 0.05) is 0 Å². The van der Waals surface area contributed by atoms with Gasteiger partial charge in [0.2, 0.25) is 0 Å². The van der Waals surface area contributed by atoms with Gasteiger partial charge >= 0.3 is 5.97 Å². The molecule has 4 heteroatoms. The number of benzene rings is 1. The van der Waals surface area contributed by atoms with Gasteiger partial charge in [-0.25, -0.2) is 4.98 Å². The number of nitrogens with zero attached hydrogens (tertiary/aromatic N) is 1. The summed E-state index contributed by atoms with van der Waals surface area (Å²) in [7, 11) is 0. The van der Waals surface area contributed by atoms with Gasteiger partial charge in [-0.15, -0.1) is 0 Å². The molecule has 20 heavy (non-hydrogen) atoms. The molecule has 0 amide bonds. The van der Waals surface area contributed by atoms with Crippen LogP contribution in [0, 0.1) is 13.8 Å². The van der Waals surface area contributed by atoms with Crippen LogP contribution in [0.3, 0.4) is 0 Å². The molecule has 1 aliphatic rings. The first-order chi connectivity index (χ1) is 9.56. The molecule has 1 heterocycles. The lowest BCUT2D eigenvalue weighted by Gasteiger charge is -2.37. The van der Waals surface area contributed by atoms with Crippen molar-refractivity contribution in [1.29, 1.82) is 0 Å². The number of rotatable bonds is 3. The number of esters is 1. The van der Waals surface area contributed by atoms with Gasteiger partial charge in [-0.05, 0) is 56.9 Å². The largest absolute Gasteiger partial charge is 0.465 e. The fourth-order valence-corrected chi connectivity index (χ4v) is 2.83. The zero-order valence-corrected chi connectivity index (χ0v) is 12.2. The van der Waals surface area contributed by atoms with Crippen LogP contribution in [-0.2, 0) is 14.9 Å². The molecule has 0 atom stereocenters. The number of hydrogen-bond acceptors (Lipinski definition) is 3. The Morgan fingerprint density at radius 3 is 2.65 bits per heavy atom. The van der Waals surface area contributed by atoms with Crippen molar-refractivity contribution in [3.8, 4) is 0 Å². The number of imidazole rings is 1. The van der Waals surface area contributed by atoms with Gasteiger partial charge < -0.3 is 9.72 Å². The molecule has 4 nitrogen and oxygen atoms in total. The molecular weight excluding hydrogens is 252 g/mol.